The number of aromatic nitrogens is 3. The Bertz CT molecular complexity index is 741. The van der Waals surface area contributed by atoms with Gasteiger partial charge in [0.2, 0.25) is 0 Å². The topological polar surface area (TPSA) is 77.0 Å². The molecule has 6 heteroatoms. The highest BCUT2D eigenvalue weighted by molar-refractivity contribution is 5.94. The summed E-state index contributed by atoms with van der Waals surface area (Å²) in [6.45, 7) is 1.42. The van der Waals surface area contributed by atoms with E-state index < -0.39 is 0 Å². The molecule has 2 unspecified atom stereocenters. The van der Waals surface area contributed by atoms with Gasteiger partial charge in [-0.1, -0.05) is 6.42 Å². The lowest BCUT2D eigenvalue weighted by Gasteiger charge is -2.22. The van der Waals surface area contributed by atoms with E-state index in [-0.39, 0.29) is 11.4 Å². The summed E-state index contributed by atoms with van der Waals surface area (Å²) in [4.78, 5) is 18.9. The largest absolute Gasteiger partial charge is 0.335 e. The first-order valence-corrected chi connectivity index (χ1v) is 8.09. The highest BCUT2D eigenvalue weighted by Gasteiger charge is 2.48. The van der Waals surface area contributed by atoms with E-state index in [0.29, 0.717) is 18.2 Å². The van der Waals surface area contributed by atoms with Crippen LogP contribution in [0.4, 0.5) is 0 Å². The van der Waals surface area contributed by atoms with Gasteiger partial charge in [-0.3, -0.25) is 14.5 Å². The Morgan fingerprint density at radius 1 is 1.48 bits per heavy atom. The van der Waals surface area contributed by atoms with E-state index >= 15 is 0 Å². The number of carbonyl (C=O) groups excluding carboxylic acids is 1. The smallest absolute Gasteiger partial charge is 0.272 e. The van der Waals surface area contributed by atoms with Crippen LogP contribution in [0.3, 0.4) is 0 Å². The van der Waals surface area contributed by atoms with Gasteiger partial charge in [-0.15, -0.1) is 0 Å². The van der Waals surface area contributed by atoms with Crippen molar-refractivity contribution in [1.82, 2.24) is 19.7 Å². The third kappa shape index (κ3) is 2.34. The number of nitrogens with zero attached hydrogens (tertiary/aromatic N) is 4. The fraction of sp³-hybridized carbons (Fsp3) is 0.471. The summed E-state index contributed by atoms with van der Waals surface area (Å²) in [5.74, 6) is 0.465. The molecular formula is C17H21N5O. The first-order valence-electron chi connectivity index (χ1n) is 8.09. The summed E-state index contributed by atoms with van der Waals surface area (Å²) in [5.41, 5.74) is 8.59. The summed E-state index contributed by atoms with van der Waals surface area (Å²) < 4.78 is 1.65. The van der Waals surface area contributed by atoms with Gasteiger partial charge in [-0.2, -0.15) is 5.10 Å². The third-order valence-corrected chi connectivity index (χ3v) is 5.28. The lowest BCUT2D eigenvalue weighted by molar-refractivity contribution is 0.0767. The normalized spacial score (nSPS) is 26.5. The molecule has 2 atom stereocenters. The number of pyridine rings is 1. The van der Waals surface area contributed by atoms with Gasteiger partial charge in [0.1, 0.15) is 5.69 Å². The van der Waals surface area contributed by atoms with Crippen LogP contribution in [0.2, 0.25) is 0 Å². The number of hydrogen-bond donors (Lipinski definition) is 1. The maximum Gasteiger partial charge on any atom is 0.272 e. The van der Waals surface area contributed by atoms with Crippen molar-refractivity contribution in [2.45, 2.75) is 24.8 Å². The third-order valence-electron chi connectivity index (χ3n) is 5.28. The predicted octanol–water partition coefficient (Wildman–Crippen LogP) is 1.44. The summed E-state index contributed by atoms with van der Waals surface area (Å²) in [5, 5.41) is 4.46. The van der Waals surface area contributed by atoms with Crippen molar-refractivity contribution in [3.05, 3.63) is 36.3 Å². The molecule has 6 nitrogen and oxygen atoms in total. The second kappa shape index (κ2) is 5.16. The monoisotopic (exact) mass is 311 g/mol. The van der Waals surface area contributed by atoms with Gasteiger partial charge in [0.25, 0.3) is 5.91 Å². The Hall–Kier alpha value is -2.21. The zero-order valence-electron chi connectivity index (χ0n) is 13.3. The molecule has 1 saturated heterocycles. The molecule has 3 heterocycles. The first-order chi connectivity index (χ1) is 11.1. The van der Waals surface area contributed by atoms with Crippen LogP contribution in [0.5, 0.6) is 0 Å². The van der Waals surface area contributed by atoms with Crippen molar-refractivity contribution in [2.75, 3.05) is 13.1 Å². The summed E-state index contributed by atoms with van der Waals surface area (Å²) in [6, 6.07) is 5.65. The van der Waals surface area contributed by atoms with Crippen LogP contribution in [-0.4, -0.2) is 44.2 Å². The van der Waals surface area contributed by atoms with Gasteiger partial charge < -0.3 is 10.6 Å². The SMILES string of the molecule is Cn1nc(-c2cccnc2)cc1C(=O)N1CC2CCCC2(N)C1. The predicted molar refractivity (Wildman–Crippen MR) is 86.6 cm³/mol. The van der Waals surface area contributed by atoms with Crippen LogP contribution in [0, 0.1) is 5.92 Å². The number of aryl methyl sites for hydroxylation is 1. The molecular weight excluding hydrogens is 290 g/mol. The van der Waals surface area contributed by atoms with Crippen LogP contribution < -0.4 is 5.73 Å². The molecule has 4 rings (SSSR count). The molecule has 1 amide bonds. The molecule has 0 radical (unpaired) electrons. The van der Waals surface area contributed by atoms with Gasteiger partial charge in [0.15, 0.2) is 0 Å². The zero-order valence-corrected chi connectivity index (χ0v) is 13.3. The van der Waals surface area contributed by atoms with Gasteiger partial charge in [-0.25, -0.2) is 0 Å². The molecule has 120 valence electrons. The number of nitrogens with two attached hydrogens (primary N) is 1. The van der Waals surface area contributed by atoms with E-state index in [0.717, 1.165) is 30.6 Å². The minimum Gasteiger partial charge on any atom is -0.335 e. The fourth-order valence-corrected chi connectivity index (χ4v) is 3.98. The highest BCUT2D eigenvalue weighted by Crippen LogP contribution is 2.40. The van der Waals surface area contributed by atoms with E-state index in [4.69, 9.17) is 5.73 Å². The number of carbonyl (C=O) groups is 1. The molecule has 0 spiro atoms. The number of rotatable bonds is 2. The molecule has 2 fully saturated rings. The van der Waals surface area contributed by atoms with Crippen molar-refractivity contribution in [2.24, 2.45) is 18.7 Å². The molecule has 1 aliphatic heterocycles. The Balaban J connectivity index is 1.59. The number of likely N-dealkylation sites (tertiary alicyclic amines) is 1. The summed E-state index contributed by atoms with van der Waals surface area (Å²) in [6.07, 6.45) is 6.81. The molecule has 2 aliphatic rings. The number of amides is 1. The molecule has 23 heavy (non-hydrogen) atoms. The molecule has 1 aliphatic carbocycles. The van der Waals surface area contributed by atoms with Gasteiger partial charge >= 0.3 is 0 Å². The fourth-order valence-electron chi connectivity index (χ4n) is 3.98. The Labute approximate surface area is 135 Å². The second-order valence-electron chi connectivity index (χ2n) is 6.79. The van der Waals surface area contributed by atoms with Gasteiger partial charge in [-0.05, 0) is 37.0 Å². The summed E-state index contributed by atoms with van der Waals surface area (Å²) in [7, 11) is 1.81. The van der Waals surface area contributed by atoms with E-state index in [1.165, 1.54) is 6.42 Å². The average molecular weight is 311 g/mol. The van der Waals surface area contributed by atoms with Crippen molar-refractivity contribution in [3.8, 4) is 11.3 Å². The zero-order chi connectivity index (χ0) is 16.0. The van der Waals surface area contributed by atoms with Gasteiger partial charge in [0.05, 0.1) is 5.69 Å². The Morgan fingerprint density at radius 3 is 3.09 bits per heavy atom. The lowest BCUT2D eigenvalue weighted by atomic mass is 9.92. The van der Waals surface area contributed by atoms with Gasteiger partial charge in [0, 0.05) is 43.6 Å². The van der Waals surface area contributed by atoms with Crippen LogP contribution in [0.1, 0.15) is 29.8 Å². The van der Waals surface area contributed by atoms with Crippen LogP contribution in [0.25, 0.3) is 11.3 Å². The number of fused-ring (bicyclic) bond motifs is 1. The molecule has 2 aromatic heterocycles. The van der Waals surface area contributed by atoms with Crippen molar-refractivity contribution in [3.63, 3.8) is 0 Å². The standard InChI is InChI=1S/C17H21N5O/c1-21-15(8-14(20-21)12-4-3-7-19-9-12)16(23)22-10-13-5-2-6-17(13,18)11-22/h3-4,7-9,13H,2,5-6,10-11,18H2,1H3. The van der Waals surface area contributed by atoms with Crippen molar-refractivity contribution < 1.29 is 4.79 Å². The van der Waals surface area contributed by atoms with E-state index in [9.17, 15) is 4.79 Å². The first kappa shape index (κ1) is 14.4. The highest BCUT2D eigenvalue weighted by atomic mass is 16.2. The minimum atomic E-state index is -0.180. The molecule has 2 N–H and O–H groups in total. The second-order valence-corrected chi connectivity index (χ2v) is 6.79. The molecule has 1 saturated carbocycles. The molecule has 0 aromatic carbocycles. The van der Waals surface area contributed by atoms with Crippen LogP contribution in [0.15, 0.2) is 30.6 Å². The average Bonchev–Trinajstić information content (AvgIpc) is 3.18. The Kier molecular flexibility index (Phi) is 3.23. The molecule has 0 bridgehead atoms. The quantitative estimate of drug-likeness (QED) is 0.910. The van der Waals surface area contributed by atoms with E-state index in [1.807, 2.05) is 30.1 Å². The van der Waals surface area contributed by atoms with E-state index in [1.54, 1.807) is 17.1 Å². The van der Waals surface area contributed by atoms with Crippen molar-refractivity contribution in [1.29, 1.82) is 0 Å². The van der Waals surface area contributed by atoms with Crippen LogP contribution in [-0.2, 0) is 7.05 Å². The van der Waals surface area contributed by atoms with E-state index in [2.05, 4.69) is 10.1 Å². The minimum absolute atomic E-state index is 0.0226. The maximum atomic E-state index is 12.9. The maximum absolute atomic E-state index is 12.9. The van der Waals surface area contributed by atoms with Crippen LogP contribution >= 0.6 is 0 Å². The molecule has 2 aromatic rings. The summed E-state index contributed by atoms with van der Waals surface area (Å²) >= 11 is 0. The van der Waals surface area contributed by atoms with Crippen molar-refractivity contribution >= 4 is 5.91 Å². The number of hydrogen-bond acceptors (Lipinski definition) is 4. The lowest BCUT2D eigenvalue weighted by Crippen LogP contribution is -2.45. The Morgan fingerprint density at radius 2 is 2.35 bits per heavy atom.